The Morgan fingerprint density at radius 1 is 1.76 bits per heavy atom. The van der Waals surface area contributed by atoms with Gasteiger partial charge in [-0.05, 0) is 12.1 Å². The summed E-state index contributed by atoms with van der Waals surface area (Å²) in [5.74, 6) is -0.276. The number of carbonyl (C=O) groups excluding carboxylic acids is 1. The summed E-state index contributed by atoms with van der Waals surface area (Å²) < 4.78 is 6.51. The molecule has 0 saturated heterocycles. The van der Waals surface area contributed by atoms with Crippen molar-refractivity contribution in [1.82, 2.24) is 15.1 Å². The van der Waals surface area contributed by atoms with E-state index in [9.17, 15) is 4.79 Å². The number of rotatable bonds is 6. The van der Waals surface area contributed by atoms with Crippen LogP contribution in [0.1, 0.15) is 5.69 Å². The number of aryl methyl sites for hydroxylation is 1. The molecule has 0 aromatic carbocycles. The van der Waals surface area contributed by atoms with Gasteiger partial charge >= 0.3 is 0 Å². The van der Waals surface area contributed by atoms with Gasteiger partial charge in [-0.3, -0.25) is 9.48 Å². The largest absolute Gasteiger partial charge is 0.394 e. The van der Waals surface area contributed by atoms with Crippen LogP contribution in [0.25, 0.3) is 6.08 Å². The molecule has 1 aromatic rings. The van der Waals surface area contributed by atoms with Crippen molar-refractivity contribution in [3.63, 3.8) is 0 Å². The number of ether oxygens (including phenoxy) is 1. The molecule has 0 fully saturated rings. The number of aromatic nitrogens is 2. The van der Waals surface area contributed by atoms with Crippen LogP contribution in [0, 0.1) is 0 Å². The van der Waals surface area contributed by atoms with Gasteiger partial charge in [0, 0.05) is 26.4 Å². The maximum atomic E-state index is 11.5. The predicted octanol–water partition coefficient (Wildman–Crippen LogP) is -0.443. The molecule has 6 heteroatoms. The zero-order chi connectivity index (χ0) is 12.7. The van der Waals surface area contributed by atoms with Gasteiger partial charge in [-0.2, -0.15) is 5.10 Å². The summed E-state index contributed by atoms with van der Waals surface area (Å²) in [5.41, 5.74) is 0.826. The molecule has 0 spiro atoms. The van der Waals surface area contributed by atoms with Crippen molar-refractivity contribution in [3.05, 3.63) is 24.0 Å². The average molecular weight is 239 g/mol. The monoisotopic (exact) mass is 239 g/mol. The first-order chi connectivity index (χ1) is 8.17. The summed E-state index contributed by atoms with van der Waals surface area (Å²) in [5, 5.41) is 15.6. The van der Waals surface area contributed by atoms with Crippen LogP contribution in [0.4, 0.5) is 0 Å². The zero-order valence-electron chi connectivity index (χ0n) is 9.96. The molecule has 1 aromatic heterocycles. The van der Waals surface area contributed by atoms with Crippen LogP contribution in [0.5, 0.6) is 0 Å². The molecule has 94 valence electrons. The van der Waals surface area contributed by atoms with Gasteiger partial charge < -0.3 is 15.2 Å². The number of hydrogen-bond acceptors (Lipinski definition) is 4. The van der Waals surface area contributed by atoms with E-state index >= 15 is 0 Å². The summed E-state index contributed by atoms with van der Waals surface area (Å²) >= 11 is 0. The number of nitrogens with one attached hydrogen (secondary N) is 1. The first-order valence-electron chi connectivity index (χ1n) is 5.23. The number of carbonyl (C=O) groups is 1. The molecule has 0 aliphatic rings. The van der Waals surface area contributed by atoms with Gasteiger partial charge in [0.25, 0.3) is 0 Å². The fourth-order valence-corrected chi connectivity index (χ4v) is 1.30. The van der Waals surface area contributed by atoms with Gasteiger partial charge in [-0.1, -0.05) is 0 Å². The van der Waals surface area contributed by atoms with Crippen molar-refractivity contribution < 1.29 is 14.6 Å². The Bertz CT molecular complexity index is 387. The van der Waals surface area contributed by atoms with E-state index in [1.807, 2.05) is 0 Å². The van der Waals surface area contributed by atoms with E-state index in [1.165, 1.54) is 13.2 Å². The minimum atomic E-state index is -0.385. The van der Waals surface area contributed by atoms with Crippen molar-refractivity contribution in [2.75, 3.05) is 20.3 Å². The molecule has 0 aliphatic heterocycles. The quantitative estimate of drug-likeness (QED) is 0.660. The maximum Gasteiger partial charge on any atom is 0.244 e. The van der Waals surface area contributed by atoms with Crippen molar-refractivity contribution in [3.8, 4) is 0 Å². The summed E-state index contributed by atoms with van der Waals surface area (Å²) in [4.78, 5) is 11.5. The Hall–Kier alpha value is -1.66. The molecule has 6 nitrogen and oxygen atoms in total. The molecule has 2 N–H and O–H groups in total. The summed E-state index contributed by atoms with van der Waals surface area (Å²) in [6.07, 6.45) is 4.71. The van der Waals surface area contributed by atoms with E-state index in [2.05, 4.69) is 10.4 Å². The average Bonchev–Trinajstić information content (AvgIpc) is 2.71. The third kappa shape index (κ3) is 4.38. The van der Waals surface area contributed by atoms with Crippen molar-refractivity contribution in [2.24, 2.45) is 7.05 Å². The minimum absolute atomic E-state index is 0.154. The lowest BCUT2D eigenvalue weighted by Gasteiger charge is -2.13. The standard InChI is InChI=1S/C11H17N3O3/c1-14-10(5-6-12-14)3-4-11(16)13-9(7-15)8-17-2/h3-6,9,15H,7-8H2,1-2H3,(H,13,16)/b4-3+. The highest BCUT2D eigenvalue weighted by molar-refractivity contribution is 5.91. The SMILES string of the molecule is COCC(CO)NC(=O)/C=C/c1ccnn1C. The maximum absolute atomic E-state index is 11.5. The van der Waals surface area contributed by atoms with Crippen molar-refractivity contribution in [1.29, 1.82) is 0 Å². The van der Waals surface area contributed by atoms with Gasteiger partial charge in [0.1, 0.15) is 0 Å². The summed E-state index contributed by atoms with van der Waals surface area (Å²) in [7, 11) is 3.30. The van der Waals surface area contributed by atoms with Gasteiger partial charge in [-0.15, -0.1) is 0 Å². The highest BCUT2D eigenvalue weighted by Crippen LogP contribution is 1.98. The van der Waals surface area contributed by atoms with Gasteiger partial charge in [0.2, 0.25) is 5.91 Å². The van der Waals surface area contributed by atoms with E-state index < -0.39 is 0 Å². The highest BCUT2D eigenvalue weighted by Gasteiger charge is 2.08. The Morgan fingerprint density at radius 2 is 2.53 bits per heavy atom. The first-order valence-corrected chi connectivity index (χ1v) is 5.23. The molecule has 1 heterocycles. The third-order valence-electron chi connectivity index (χ3n) is 2.20. The molecule has 0 saturated carbocycles. The third-order valence-corrected chi connectivity index (χ3v) is 2.20. The van der Waals surface area contributed by atoms with E-state index in [0.717, 1.165) is 5.69 Å². The first kappa shape index (κ1) is 13.4. The van der Waals surface area contributed by atoms with Crippen molar-refractivity contribution >= 4 is 12.0 Å². The molecule has 17 heavy (non-hydrogen) atoms. The summed E-state index contributed by atoms with van der Waals surface area (Å²) in [6, 6.07) is 1.41. The number of aliphatic hydroxyl groups is 1. The lowest BCUT2D eigenvalue weighted by Crippen LogP contribution is -2.39. The van der Waals surface area contributed by atoms with E-state index in [0.29, 0.717) is 0 Å². The van der Waals surface area contributed by atoms with Crippen LogP contribution in [-0.4, -0.2) is 47.2 Å². The van der Waals surface area contributed by atoms with E-state index in [4.69, 9.17) is 9.84 Å². The Kier molecular flexibility index (Phi) is 5.38. The van der Waals surface area contributed by atoms with Crippen LogP contribution >= 0.6 is 0 Å². The minimum Gasteiger partial charge on any atom is -0.394 e. The normalized spacial score (nSPS) is 12.9. The molecule has 0 bridgehead atoms. The highest BCUT2D eigenvalue weighted by atomic mass is 16.5. The van der Waals surface area contributed by atoms with Gasteiger partial charge in [0.15, 0.2) is 0 Å². The number of hydrogen-bond donors (Lipinski definition) is 2. The molecule has 1 amide bonds. The topological polar surface area (TPSA) is 76.4 Å². The van der Waals surface area contributed by atoms with E-state index in [1.54, 1.807) is 30.1 Å². The van der Waals surface area contributed by atoms with Crippen LogP contribution < -0.4 is 5.32 Å². The Labute approximate surface area is 99.9 Å². The van der Waals surface area contributed by atoms with Crippen LogP contribution in [0.15, 0.2) is 18.3 Å². The van der Waals surface area contributed by atoms with E-state index in [-0.39, 0.29) is 25.2 Å². The lowest BCUT2D eigenvalue weighted by molar-refractivity contribution is -0.117. The van der Waals surface area contributed by atoms with Crippen molar-refractivity contribution in [2.45, 2.75) is 6.04 Å². The smallest absolute Gasteiger partial charge is 0.244 e. The van der Waals surface area contributed by atoms with Crippen LogP contribution in [0.3, 0.4) is 0 Å². The number of aliphatic hydroxyl groups excluding tert-OH is 1. The Balaban J connectivity index is 2.49. The molecular weight excluding hydrogens is 222 g/mol. The molecular formula is C11H17N3O3. The second-order valence-electron chi connectivity index (χ2n) is 3.56. The zero-order valence-corrected chi connectivity index (χ0v) is 9.96. The predicted molar refractivity (Wildman–Crippen MR) is 63.1 cm³/mol. The lowest BCUT2D eigenvalue weighted by atomic mass is 10.3. The second-order valence-corrected chi connectivity index (χ2v) is 3.56. The number of methoxy groups -OCH3 is 1. The fraction of sp³-hybridized carbons (Fsp3) is 0.455. The molecule has 1 unspecified atom stereocenters. The van der Waals surface area contributed by atoms with Gasteiger partial charge in [0.05, 0.1) is 24.9 Å². The van der Waals surface area contributed by atoms with Crippen LogP contribution in [-0.2, 0) is 16.6 Å². The Morgan fingerprint density at radius 3 is 3.06 bits per heavy atom. The molecule has 1 rings (SSSR count). The number of nitrogens with zero attached hydrogens (tertiary/aromatic N) is 2. The summed E-state index contributed by atoms with van der Waals surface area (Å²) in [6.45, 7) is 0.126. The van der Waals surface area contributed by atoms with Crippen LogP contribution in [0.2, 0.25) is 0 Å². The fourth-order valence-electron chi connectivity index (χ4n) is 1.30. The molecule has 1 atom stereocenters. The molecule has 0 aliphatic carbocycles. The molecule has 0 radical (unpaired) electrons. The number of amides is 1. The van der Waals surface area contributed by atoms with Gasteiger partial charge in [-0.25, -0.2) is 0 Å². The second kappa shape index (κ2) is 6.82.